The largest absolute Gasteiger partial charge is 0.345 e. The summed E-state index contributed by atoms with van der Waals surface area (Å²) in [6.45, 7) is 2.06. The van der Waals surface area contributed by atoms with Crippen molar-refractivity contribution in [1.82, 2.24) is 5.32 Å². The zero-order valence-electron chi connectivity index (χ0n) is 7.37. The molecule has 0 saturated carbocycles. The summed E-state index contributed by atoms with van der Waals surface area (Å²) in [6.07, 6.45) is 0.226. The molecule has 0 bridgehead atoms. The van der Waals surface area contributed by atoms with Gasteiger partial charge >= 0.3 is 0 Å². The highest BCUT2D eigenvalue weighted by molar-refractivity contribution is 5.24. The van der Waals surface area contributed by atoms with Gasteiger partial charge in [-0.05, 0) is 19.5 Å². The van der Waals surface area contributed by atoms with E-state index in [1.807, 2.05) is 25.2 Å². The highest BCUT2D eigenvalue weighted by Gasteiger charge is 2.51. The lowest BCUT2D eigenvalue weighted by molar-refractivity contribution is 0.281. The first-order valence-electron chi connectivity index (χ1n) is 4.18. The molecule has 0 radical (unpaired) electrons. The van der Waals surface area contributed by atoms with Crippen LogP contribution in [-0.4, -0.2) is 12.8 Å². The van der Waals surface area contributed by atoms with Crippen LogP contribution in [0, 0.1) is 0 Å². The van der Waals surface area contributed by atoms with Crippen molar-refractivity contribution in [3.8, 4) is 0 Å². The van der Waals surface area contributed by atoms with E-state index < -0.39 is 0 Å². The van der Waals surface area contributed by atoms with Gasteiger partial charge < -0.3 is 4.74 Å². The fourth-order valence-corrected chi connectivity index (χ4v) is 1.41. The average molecular weight is 163 g/mol. The normalized spacial score (nSPS) is 33.3. The Hall–Kier alpha value is -0.860. The average Bonchev–Trinajstić information content (AvgIpc) is 2.81. The van der Waals surface area contributed by atoms with Crippen molar-refractivity contribution in [1.29, 1.82) is 0 Å². The predicted octanol–water partition coefficient (Wildman–Crippen LogP) is 1.69. The Morgan fingerprint density at radius 3 is 2.50 bits per heavy atom. The number of benzene rings is 1. The van der Waals surface area contributed by atoms with E-state index in [1.54, 1.807) is 0 Å². The molecule has 2 rings (SSSR count). The van der Waals surface area contributed by atoms with E-state index in [-0.39, 0.29) is 11.8 Å². The van der Waals surface area contributed by atoms with E-state index in [1.165, 1.54) is 5.56 Å². The number of likely N-dealkylation sites (N-methyl/N-ethyl adjacent to an activating group) is 1. The van der Waals surface area contributed by atoms with E-state index in [0.29, 0.717) is 0 Å². The molecule has 1 aliphatic rings. The Morgan fingerprint density at radius 2 is 2.00 bits per heavy atom. The monoisotopic (exact) mass is 163 g/mol. The molecule has 2 heteroatoms. The number of ether oxygens (including phenoxy) is 1. The topological polar surface area (TPSA) is 24.6 Å². The molecule has 1 N–H and O–H groups in total. The third-order valence-corrected chi connectivity index (χ3v) is 2.40. The maximum Gasteiger partial charge on any atom is 0.147 e. The summed E-state index contributed by atoms with van der Waals surface area (Å²) in [5.74, 6) is 0. The highest BCUT2D eigenvalue weighted by atomic mass is 16.6. The molecule has 12 heavy (non-hydrogen) atoms. The van der Waals surface area contributed by atoms with Crippen LogP contribution >= 0.6 is 0 Å². The van der Waals surface area contributed by atoms with Crippen LogP contribution in [-0.2, 0) is 4.74 Å². The van der Waals surface area contributed by atoms with Crippen molar-refractivity contribution in [2.24, 2.45) is 0 Å². The molecule has 1 aliphatic heterocycles. The summed E-state index contributed by atoms with van der Waals surface area (Å²) >= 11 is 0. The molecule has 2 nitrogen and oxygen atoms in total. The maximum atomic E-state index is 5.53. The van der Waals surface area contributed by atoms with Crippen LogP contribution < -0.4 is 5.32 Å². The number of hydrogen-bond acceptors (Lipinski definition) is 2. The maximum absolute atomic E-state index is 5.53. The molecule has 0 aliphatic carbocycles. The molecule has 64 valence electrons. The molecule has 1 aromatic rings. The quantitative estimate of drug-likeness (QED) is 0.671. The predicted molar refractivity (Wildman–Crippen MR) is 47.7 cm³/mol. The van der Waals surface area contributed by atoms with Gasteiger partial charge in [-0.2, -0.15) is 0 Å². The van der Waals surface area contributed by atoms with Gasteiger partial charge in [0, 0.05) is 0 Å². The lowest BCUT2D eigenvalue weighted by atomic mass is 10.1. The molecule has 0 aromatic heterocycles. The van der Waals surface area contributed by atoms with E-state index in [4.69, 9.17) is 4.74 Å². The number of rotatable bonds is 2. The second-order valence-electron chi connectivity index (χ2n) is 3.27. The Labute approximate surface area is 72.5 Å². The summed E-state index contributed by atoms with van der Waals surface area (Å²) < 4.78 is 5.53. The zero-order chi connectivity index (χ0) is 8.60. The second kappa shape index (κ2) is 2.57. The minimum absolute atomic E-state index is 0.138. The fraction of sp³-hybridized carbons (Fsp3) is 0.400. The van der Waals surface area contributed by atoms with Crippen molar-refractivity contribution in [2.75, 3.05) is 7.05 Å². The first kappa shape index (κ1) is 7.77. The molecule has 1 fully saturated rings. The lowest BCUT2D eigenvalue weighted by Crippen LogP contribution is -2.25. The van der Waals surface area contributed by atoms with Gasteiger partial charge in [-0.3, -0.25) is 5.32 Å². The van der Waals surface area contributed by atoms with Gasteiger partial charge in [-0.25, -0.2) is 0 Å². The minimum Gasteiger partial charge on any atom is -0.345 e. The van der Waals surface area contributed by atoms with Crippen molar-refractivity contribution in [3.63, 3.8) is 0 Å². The van der Waals surface area contributed by atoms with Crippen LogP contribution in [0.1, 0.15) is 18.6 Å². The summed E-state index contributed by atoms with van der Waals surface area (Å²) in [5, 5.41) is 3.14. The highest BCUT2D eigenvalue weighted by Crippen LogP contribution is 2.46. The summed E-state index contributed by atoms with van der Waals surface area (Å²) in [6, 6.07) is 10.3. The molecule has 2 unspecified atom stereocenters. The third kappa shape index (κ3) is 1.13. The van der Waals surface area contributed by atoms with Crippen LogP contribution in [0.4, 0.5) is 0 Å². The van der Waals surface area contributed by atoms with Gasteiger partial charge in [0.1, 0.15) is 11.8 Å². The van der Waals surface area contributed by atoms with Crippen LogP contribution in [0.5, 0.6) is 0 Å². The van der Waals surface area contributed by atoms with Gasteiger partial charge in [0.2, 0.25) is 0 Å². The summed E-state index contributed by atoms with van der Waals surface area (Å²) in [7, 11) is 1.92. The summed E-state index contributed by atoms with van der Waals surface area (Å²) in [5.41, 5.74) is 1.11. The summed E-state index contributed by atoms with van der Waals surface area (Å²) in [4.78, 5) is 0. The van der Waals surface area contributed by atoms with Crippen LogP contribution in [0.25, 0.3) is 0 Å². The first-order chi connectivity index (χ1) is 5.76. The minimum atomic E-state index is -0.138. The molecule has 0 spiro atoms. The van der Waals surface area contributed by atoms with Gasteiger partial charge in [-0.1, -0.05) is 30.3 Å². The second-order valence-corrected chi connectivity index (χ2v) is 3.27. The Balaban J connectivity index is 2.16. The smallest absolute Gasteiger partial charge is 0.147 e. The van der Waals surface area contributed by atoms with Gasteiger partial charge in [0.05, 0.1) is 0 Å². The van der Waals surface area contributed by atoms with Gasteiger partial charge in [-0.15, -0.1) is 0 Å². The van der Waals surface area contributed by atoms with Crippen LogP contribution in [0.3, 0.4) is 0 Å². The van der Waals surface area contributed by atoms with Crippen molar-refractivity contribution in [2.45, 2.75) is 18.8 Å². The fourth-order valence-electron chi connectivity index (χ4n) is 1.41. The molecule has 1 saturated heterocycles. The van der Waals surface area contributed by atoms with Crippen molar-refractivity contribution < 1.29 is 4.74 Å². The van der Waals surface area contributed by atoms with Crippen LogP contribution in [0.15, 0.2) is 30.3 Å². The molecular weight excluding hydrogens is 150 g/mol. The molecule has 1 aromatic carbocycles. The molecule has 1 heterocycles. The van der Waals surface area contributed by atoms with Gasteiger partial charge in [0.25, 0.3) is 0 Å². The third-order valence-electron chi connectivity index (χ3n) is 2.40. The lowest BCUT2D eigenvalue weighted by Gasteiger charge is -2.02. The Morgan fingerprint density at radius 1 is 1.33 bits per heavy atom. The van der Waals surface area contributed by atoms with E-state index in [0.717, 1.165) is 0 Å². The number of nitrogens with one attached hydrogen (secondary N) is 1. The first-order valence-corrected chi connectivity index (χ1v) is 4.18. The van der Waals surface area contributed by atoms with Crippen molar-refractivity contribution >= 4 is 0 Å². The molecule has 2 atom stereocenters. The van der Waals surface area contributed by atoms with E-state index in [2.05, 4.69) is 24.4 Å². The van der Waals surface area contributed by atoms with E-state index >= 15 is 0 Å². The standard InChI is InChI=1S/C10H13NO/c1-10(11-2)9(12-10)8-6-4-3-5-7-8/h3-7,9,11H,1-2H3. The SMILES string of the molecule is CNC1(C)OC1c1ccccc1. The Kier molecular flexibility index (Phi) is 1.67. The van der Waals surface area contributed by atoms with Gasteiger partial charge in [0.15, 0.2) is 0 Å². The van der Waals surface area contributed by atoms with E-state index in [9.17, 15) is 0 Å². The Bertz CT molecular complexity index is 272. The zero-order valence-corrected chi connectivity index (χ0v) is 7.37. The molecular formula is C10H13NO. The van der Waals surface area contributed by atoms with Crippen molar-refractivity contribution in [3.05, 3.63) is 35.9 Å². The number of epoxide rings is 1. The van der Waals surface area contributed by atoms with Crippen LogP contribution in [0.2, 0.25) is 0 Å². The molecule has 0 amide bonds. The number of hydrogen-bond donors (Lipinski definition) is 1.